The summed E-state index contributed by atoms with van der Waals surface area (Å²) < 4.78 is 53.8. The van der Waals surface area contributed by atoms with E-state index in [1.165, 1.54) is 6.07 Å². The zero-order valence-electron chi connectivity index (χ0n) is 26.6. The summed E-state index contributed by atoms with van der Waals surface area (Å²) in [4.78, 5) is 33.9. The van der Waals surface area contributed by atoms with Crippen molar-refractivity contribution in [2.45, 2.75) is 51.9 Å². The second-order valence-corrected chi connectivity index (χ2v) is 12.3. The third-order valence-corrected chi connectivity index (χ3v) is 8.94. The molecule has 2 N–H and O–H groups in total. The average Bonchev–Trinajstić information content (AvgIpc) is 3.71. The van der Waals surface area contributed by atoms with Gasteiger partial charge in [0.05, 0.1) is 35.0 Å². The highest BCUT2D eigenvalue weighted by molar-refractivity contribution is 5.87. The maximum Gasteiger partial charge on any atom is 0.416 e. The minimum atomic E-state index is -4.52. The van der Waals surface area contributed by atoms with Crippen molar-refractivity contribution in [3.8, 4) is 23.0 Å². The molecule has 1 atom stereocenters. The van der Waals surface area contributed by atoms with Crippen molar-refractivity contribution in [2.75, 3.05) is 32.7 Å². The van der Waals surface area contributed by atoms with Gasteiger partial charge in [0.1, 0.15) is 17.1 Å². The smallest absolute Gasteiger partial charge is 0.416 e. The molecular formula is C34H35F3N8O3. The summed E-state index contributed by atoms with van der Waals surface area (Å²) in [6, 6.07) is 9.77. The number of nitrogens with zero attached hydrogens (tertiary/aromatic N) is 6. The molecule has 0 radical (unpaired) electrons. The summed E-state index contributed by atoms with van der Waals surface area (Å²) in [6.07, 6.45) is -0.606. The standard InChI is InChI=1S/C34H35F3N8O3/c1-3-22-18-45(30(46)13-21-4-5-23(27(12-21)34(35,36)37)17-44-10-8-38-9-11-44)19-24-14-25(16-40-31(22)24)47-29-6-7-39-32-26(29)15-28(42-32)33-41-20(2)48-43-33/h4-7,12,14-16,22,38H,3,8-11,13,17-19H2,1-2H3,(H,39,42)/t22-/m0/s1. The number of benzene rings is 1. The maximum absolute atomic E-state index is 14.1. The lowest BCUT2D eigenvalue weighted by atomic mass is 9.92. The Morgan fingerprint density at radius 2 is 1.96 bits per heavy atom. The molecule has 48 heavy (non-hydrogen) atoms. The Morgan fingerprint density at radius 3 is 2.71 bits per heavy atom. The summed E-state index contributed by atoms with van der Waals surface area (Å²) >= 11 is 0. The van der Waals surface area contributed by atoms with Crippen molar-refractivity contribution in [1.82, 2.24) is 40.2 Å². The minimum absolute atomic E-state index is 0.0165. The van der Waals surface area contributed by atoms with Crippen LogP contribution in [0.5, 0.6) is 11.5 Å². The van der Waals surface area contributed by atoms with Gasteiger partial charge in [-0.3, -0.25) is 14.7 Å². The normalized spacial score (nSPS) is 17.1. The SMILES string of the molecule is CC[C@H]1CN(C(=O)Cc2ccc(CN3CCNCC3)c(C(F)(F)F)c2)Cc2cc(Oc3ccnc4[nH]c(-c5noc(C)n5)cc34)cnc21. The fraction of sp³-hybridized carbons (Fsp3) is 0.382. The topological polar surface area (TPSA) is 125 Å². The predicted molar refractivity (Wildman–Crippen MR) is 170 cm³/mol. The third-order valence-electron chi connectivity index (χ3n) is 8.94. The van der Waals surface area contributed by atoms with E-state index in [-0.39, 0.29) is 36.9 Å². The molecule has 14 heteroatoms. The molecule has 5 aromatic rings. The van der Waals surface area contributed by atoms with E-state index in [9.17, 15) is 18.0 Å². The van der Waals surface area contributed by atoms with Gasteiger partial charge >= 0.3 is 6.18 Å². The number of H-pyrrole nitrogens is 1. The van der Waals surface area contributed by atoms with E-state index < -0.39 is 11.7 Å². The largest absolute Gasteiger partial charge is 0.455 e. The van der Waals surface area contributed by atoms with E-state index >= 15 is 0 Å². The molecule has 0 unspecified atom stereocenters. The average molecular weight is 661 g/mol. The molecule has 250 valence electrons. The number of hydrogen-bond acceptors (Lipinski definition) is 9. The van der Waals surface area contributed by atoms with Gasteiger partial charge in [0.25, 0.3) is 0 Å². The van der Waals surface area contributed by atoms with E-state index in [0.29, 0.717) is 65.1 Å². The highest BCUT2D eigenvalue weighted by atomic mass is 19.4. The van der Waals surface area contributed by atoms with Crippen LogP contribution in [-0.4, -0.2) is 73.5 Å². The van der Waals surface area contributed by atoms with Crippen LogP contribution in [0.15, 0.2) is 53.3 Å². The maximum atomic E-state index is 14.1. The van der Waals surface area contributed by atoms with Crippen LogP contribution in [0.2, 0.25) is 0 Å². The van der Waals surface area contributed by atoms with Crippen molar-refractivity contribution in [1.29, 1.82) is 0 Å². The third kappa shape index (κ3) is 6.62. The second kappa shape index (κ2) is 13.0. The molecular weight excluding hydrogens is 625 g/mol. The van der Waals surface area contributed by atoms with Crippen molar-refractivity contribution in [3.05, 3.63) is 82.6 Å². The number of ether oxygens (including phenoxy) is 1. The molecule has 11 nitrogen and oxygen atoms in total. The zero-order valence-corrected chi connectivity index (χ0v) is 26.6. The molecule has 6 heterocycles. The number of hydrogen-bond donors (Lipinski definition) is 2. The molecule has 0 aliphatic carbocycles. The van der Waals surface area contributed by atoms with Crippen molar-refractivity contribution in [3.63, 3.8) is 0 Å². The van der Waals surface area contributed by atoms with Gasteiger partial charge in [-0.05, 0) is 47.4 Å². The minimum Gasteiger partial charge on any atom is -0.455 e. The quantitative estimate of drug-likeness (QED) is 0.219. The number of amides is 1. The fourth-order valence-corrected chi connectivity index (χ4v) is 6.46. The summed E-state index contributed by atoms with van der Waals surface area (Å²) in [5, 5.41) is 7.90. The van der Waals surface area contributed by atoms with Crippen LogP contribution in [0.1, 0.15) is 53.1 Å². The van der Waals surface area contributed by atoms with Crippen LogP contribution < -0.4 is 10.1 Å². The van der Waals surface area contributed by atoms with Gasteiger partial charge in [0, 0.05) is 64.9 Å². The number of carbonyl (C=O) groups is 1. The molecule has 0 bridgehead atoms. The first-order valence-electron chi connectivity index (χ1n) is 16.0. The lowest BCUT2D eigenvalue weighted by Crippen LogP contribution is -2.43. The van der Waals surface area contributed by atoms with Crippen molar-refractivity contribution >= 4 is 16.9 Å². The Morgan fingerprint density at radius 1 is 1.12 bits per heavy atom. The summed E-state index contributed by atoms with van der Waals surface area (Å²) in [5.41, 5.74) is 2.83. The second-order valence-electron chi connectivity index (χ2n) is 12.3. The van der Waals surface area contributed by atoms with Gasteiger partial charge in [0.2, 0.25) is 17.6 Å². The van der Waals surface area contributed by atoms with E-state index in [0.717, 1.165) is 36.8 Å². The van der Waals surface area contributed by atoms with Gasteiger partial charge in [-0.2, -0.15) is 18.2 Å². The van der Waals surface area contributed by atoms with Crippen LogP contribution in [0.4, 0.5) is 13.2 Å². The van der Waals surface area contributed by atoms with Crippen molar-refractivity contribution < 1.29 is 27.2 Å². The first kappa shape index (κ1) is 31.8. The van der Waals surface area contributed by atoms with E-state index in [1.807, 2.05) is 24.0 Å². The van der Waals surface area contributed by atoms with Gasteiger partial charge in [-0.15, -0.1) is 0 Å². The molecule has 2 aliphatic rings. The number of alkyl halides is 3. The molecule has 0 spiro atoms. The first-order valence-corrected chi connectivity index (χ1v) is 16.0. The Bertz CT molecular complexity index is 1950. The van der Waals surface area contributed by atoms with Gasteiger partial charge < -0.3 is 24.5 Å². The van der Waals surface area contributed by atoms with Crippen LogP contribution in [-0.2, 0) is 30.5 Å². The fourth-order valence-electron chi connectivity index (χ4n) is 6.46. The van der Waals surface area contributed by atoms with E-state index in [2.05, 4.69) is 25.4 Å². The van der Waals surface area contributed by atoms with Gasteiger partial charge in [0.15, 0.2) is 0 Å². The lowest BCUT2D eigenvalue weighted by molar-refractivity contribution is -0.138. The Hall–Kier alpha value is -4.82. The number of pyridine rings is 2. The molecule has 1 saturated heterocycles. The first-order chi connectivity index (χ1) is 23.1. The summed E-state index contributed by atoms with van der Waals surface area (Å²) in [7, 11) is 0. The molecule has 0 saturated carbocycles. The molecule has 2 aliphatic heterocycles. The Balaban J connectivity index is 1.09. The Kier molecular flexibility index (Phi) is 8.60. The number of nitrogens with one attached hydrogen (secondary N) is 2. The number of aromatic amines is 1. The number of aryl methyl sites for hydroxylation is 1. The number of piperazine rings is 1. The zero-order chi connectivity index (χ0) is 33.4. The van der Waals surface area contributed by atoms with Crippen LogP contribution in [0, 0.1) is 6.92 Å². The van der Waals surface area contributed by atoms with Gasteiger partial charge in [-0.1, -0.05) is 24.2 Å². The molecule has 4 aromatic heterocycles. The highest BCUT2D eigenvalue weighted by Crippen LogP contribution is 2.36. The van der Waals surface area contributed by atoms with Crippen LogP contribution in [0.25, 0.3) is 22.6 Å². The summed E-state index contributed by atoms with van der Waals surface area (Å²) in [6.45, 7) is 7.56. The predicted octanol–water partition coefficient (Wildman–Crippen LogP) is 5.61. The Labute approximate surface area is 274 Å². The van der Waals surface area contributed by atoms with Crippen molar-refractivity contribution in [2.24, 2.45) is 0 Å². The number of halogens is 3. The van der Waals surface area contributed by atoms with Crippen LogP contribution >= 0.6 is 0 Å². The van der Waals surface area contributed by atoms with Gasteiger partial charge in [-0.25, -0.2) is 4.98 Å². The molecule has 1 aromatic carbocycles. The molecule has 1 fully saturated rings. The highest BCUT2D eigenvalue weighted by Gasteiger charge is 2.35. The molecule has 1 amide bonds. The lowest BCUT2D eigenvalue weighted by Gasteiger charge is -2.34. The number of rotatable bonds is 8. The monoisotopic (exact) mass is 660 g/mol. The number of aromatic nitrogens is 5. The number of fused-ring (bicyclic) bond motifs is 2. The van der Waals surface area contributed by atoms with Crippen LogP contribution in [0.3, 0.4) is 0 Å². The molecule has 7 rings (SSSR count). The summed E-state index contributed by atoms with van der Waals surface area (Å²) in [5.74, 6) is 1.62. The van der Waals surface area contributed by atoms with E-state index in [4.69, 9.17) is 14.2 Å². The van der Waals surface area contributed by atoms with E-state index in [1.54, 1.807) is 36.4 Å². The number of carbonyl (C=O) groups excluding carboxylic acids is 1.